The lowest BCUT2D eigenvalue weighted by Crippen LogP contribution is -2.26. The number of halogens is 3. The van der Waals surface area contributed by atoms with Crippen LogP contribution in [0.5, 0.6) is 5.75 Å². The number of amides is 1. The fourth-order valence-electron chi connectivity index (χ4n) is 3.10. The van der Waals surface area contributed by atoms with Crippen LogP contribution >= 0.6 is 11.3 Å². The smallest absolute Gasteiger partial charge is 0.416 e. The molecule has 0 saturated carbocycles. The van der Waals surface area contributed by atoms with Crippen LogP contribution in [0.1, 0.15) is 53.2 Å². The molecule has 2 N–H and O–H groups in total. The lowest BCUT2D eigenvalue weighted by Gasteiger charge is -2.14. The van der Waals surface area contributed by atoms with Gasteiger partial charge in [0.15, 0.2) is 0 Å². The molecular weight excluding hydrogens is 517 g/mol. The maximum atomic E-state index is 13.0. The first-order valence-corrected chi connectivity index (χ1v) is 13.3. The first-order chi connectivity index (χ1) is 16.9. The van der Waals surface area contributed by atoms with Crippen LogP contribution in [0, 0.1) is 0 Å². The minimum absolute atomic E-state index is 0.00494. The molecule has 0 saturated heterocycles. The molecule has 8 nitrogen and oxygen atoms in total. The van der Waals surface area contributed by atoms with Gasteiger partial charge in [0.25, 0.3) is 15.9 Å². The summed E-state index contributed by atoms with van der Waals surface area (Å²) in [5.74, 6) is -0.596. The van der Waals surface area contributed by atoms with Gasteiger partial charge < -0.3 is 10.1 Å². The van der Waals surface area contributed by atoms with Crippen molar-refractivity contribution in [2.75, 3.05) is 17.9 Å². The quantitative estimate of drug-likeness (QED) is 0.379. The molecule has 3 rings (SSSR count). The van der Waals surface area contributed by atoms with Crippen molar-refractivity contribution in [3.63, 3.8) is 0 Å². The molecule has 1 amide bonds. The molecule has 0 aliphatic rings. The first kappa shape index (κ1) is 27.4. The highest BCUT2D eigenvalue weighted by Gasteiger charge is 2.32. The normalized spacial score (nSPS) is 12.0. The Bertz CT molecular complexity index is 1310. The number of ether oxygens (including phenoxy) is 1. The van der Waals surface area contributed by atoms with Crippen LogP contribution in [-0.4, -0.2) is 37.7 Å². The van der Waals surface area contributed by atoms with Crippen LogP contribution in [0.25, 0.3) is 0 Å². The summed E-state index contributed by atoms with van der Waals surface area (Å²) < 4.78 is 71.8. The summed E-state index contributed by atoms with van der Waals surface area (Å²) in [6.45, 7) is 5.75. The lowest BCUT2D eigenvalue weighted by atomic mass is 10.1. The average Bonchev–Trinajstić information content (AvgIpc) is 3.27. The molecule has 0 aliphatic carbocycles. The second kappa shape index (κ2) is 11.2. The Kier molecular flexibility index (Phi) is 8.56. The molecule has 13 heteroatoms. The molecule has 2 aromatic carbocycles. The molecule has 0 spiro atoms. The van der Waals surface area contributed by atoms with Crippen molar-refractivity contribution in [3.8, 4) is 5.75 Å². The maximum Gasteiger partial charge on any atom is 0.416 e. The highest BCUT2D eigenvalue weighted by Crippen LogP contribution is 2.33. The molecule has 1 heterocycles. The fourth-order valence-corrected chi connectivity index (χ4v) is 5.07. The molecule has 0 aliphatic heterocycles. The van der Waals surface area contributed by atoms with E-state index in [-0.39, 0.29) is 40.4 Å². The van der Waals surface area contributed by atoms with Gasteiger partial charge in [-0.25, -0.2) is 8.42 Å². The Morgan fingerprint density at radius 2 is 1.81 bits per heavy atom. The zero-order chi connectivity index (χ0) is 26.5. The molecular formula is C23H25F3N4O4S2. The summed E-state index contributed by atoms with van der Waals surface area (Å²) >= 11 is 1.17. The van der Waals surface area contributed by atoms with E-state index in [4.69, 9.17) is 4.74 Å². The minimum atomic E-state index is -4.55. The number of hydrogen-bond acceptors (Lipinski definition) is 7. The van der Waals surface area contributed by atoms with Crippen LogP contribution < -0.4 is 14.8 Å². The zero-order valence-corrected chi connectivity index (χ0v) is 21.4. The van der Waals surface area contributed by atoms with Gasteiger partial charge in [0.1, 0.15) is 10.8 Å². The van der Waals surface area contributed by atoms with Gasteiger partial charge in [0.05, 0.1) is 22.6 Å². The van der Waals surface area contributed by atoms with E-state index in [2.05, 4.69) is 20.2 Å². The van der Waals surface area contributed by atoms with Crippen molar-refractivity contribution in [2.45, 2.75) is 44.2 Å². The third kappa shape index (κ3) is 6.94. The fraction of sp³-hybridized carbons (Fsp3) is 0.348. The number of anilines is 1. The van der Waals surface area contributed by atoms with E-state index >= 15 is 0 Å². The Morgan fingerprint density at radius 3 is 2.39 bits per heavy atom. The van der Waals surface area contributed by atoms with Crippen molar-refractivity contribution in [3.05, 3.63) is 64.2 Å². The van der Waals surface area contributed by atoms with E-state index in [9.17, 15) is 26.4 Å². The largest absolute Gasteiger partial charge is 0.493 e. The number of carbonyl (C=O) groups is 1. The number of sulfonamides is 1. The molecule has 1 aromatic heterocycles. The summed E-state index contributed by atoms with van der Waals surface area (Å²) in [5.41, 5.74) is -0.155. The first-order valence-electron chi connectivity index (χ1n) is 11.0. The van der Waals surface area contributed by atoms with Crippen molar-refractivity contribution in [2.24, 2.45) is 0 Å². The second-order valence-electron chi connectivity index (χ2n) is 8.00. The van der Waals surface area contributed by atoms with E-state index in [0.29, 0.717) is 6.42 Å². The SMILES string of the molecule is CCOc1cc(C(F)(F)F)ccc1C(=O)NCCc1ccc(S(=O)(=O)Nc2nnc(C(C)C)s2)cc1. The number of rotatable bonds is 10. The standard InChI is InChI=1S/C23H25F3N4O4S2/c1-4-34-19-13-16(23(24,25)26)7-10-18(19)20(31)27-12-11-15-5-8-17(9-6-15)36(32,33)30-22-29-28-21(35-22)14(2)3/h5-10,13-14H,4,11-12H2,1-3H3,(H,27,31)(H,29,30). The summed E-state index contributed by atoms with van der Waals surface area (Å²) in [6.07, 6.45) is -4.18. The van der Waals surface area contributed by atoms with Gasteiger partial charge in [-0.15, -0.1) is 10.2 Å². The number of alkyl halides is 3. The van der Waals surface area contributed by atoms with Gasteiger partial charge in [-0.1, -0.05) is 37.3 Å². The zero-order valence-electron chi connectivity index (χ0n) is 19.7. The van der Waals surface area contributed by atoms with E-state index in [0.717, 1.165) is 28.8 Å². The van der Waals surface area contributed by atoms with Crippen LogP contribution in [0.2, 0.25) is 0 Å². The van der Waals surface area contributed by atoms with Crippen molar-refractivity contribution < 1.29 is 31.1 Å². The van der Waals surface area contributed by atoms with Crippen LogP contribution in [0.3, 0.4) is 0 Å². The molecule has 3 aromatic rings. The summed E-state index contributed by atoms with van der Waals surface area (Å²) in [7, 11) is -3.84. The van der Waals surface area contributed by atoms with Crippen molar-refractivity contribution >= 4 is 32.4 Å². The summed E-state index contributed by atoms with van der Waals surface area (Å²) in [4.78, 5) is 12.6. The van der Waals surface area contributed by atoms with Crippen molar-refractivity contribution in [1.82, 2.24) is 15.5 Å². The molecule has 0 atom stereocenters. The van der Waals surface area contributed by atoms with E-state index in [1.807, 2.05) is 13.8 Å². The Hall–Kier alpha value is -3.19. The lowest BCUT2D eigenvalue weighted by molar-refractivity contribution is -0.137. The van der Waals surface area contributed by atoms with Crippen LogP contribution in [0.15, 0.2) is 47.4 Å². The minimum Gasteiger partial charge on any atom is -0.493 e. The number of aromatic nitrogens is 2. The van der Waals surface area contributed by atoms with Gasteiger partial charge in [-0.3, -0.25) is 9.52 Å². The number of carbonyl (C=O) groups excluding carboxylic acids is 1. The van der Waals surface area contributed by atoms with E-state index in [1.54, 1.807) is 19.1 Å². The number of nitrogens with zero attached hydrogens (tertiary/aromatic N) is 2. The monoisotopic (exact) mass is 542 g/mol. The Balaban J connectivity index is 1.60. The topological polar surface area (TPSA) is 110 Å². The predicted molar refractivity (Wildman–Crippen MR) is 130 cm³/mol. The highest BCUT2D eigenvalue weighted by molar-refractivity contribution is 7.93. The van der Waals surface area contributed by atoms with Gasteiger partial charge in [-0.05, 0) is 49.2 Å². The van der Waals surface area contributed by atoms with Gasteiger partial charge >= 0.3 is 6.18 Å². The predicted octanol–water partition coefficient (Wildman–Crippen LogP) is 4.85. The number of benzene rings is 2. The number of nitrogens with one attached hydrogen (secondary N) is 2. The molecule has 0 bridgehead atoms. The highest BCUT2D eigenvalue weighted by atomic mass is 32.2. The third-order valence-electron chi connectivity index (χ3n) is 4.94. The summed E-state index contributed by atoms with van der Waals surface area (Å²) in [6, 6.07) is 8.82. The molecule has 0 radical (unpaired) electrons. The van der Waals surface area contributed by atoms with Gasteiger partial charge in [0, 0.05) is 12.5 Å². The Morgan fingerprint density at radius 1 is 1.11 bits per heavy atom. The van der Waals surface area contributed by atoms with Crippen molar-refractivity contribution in [1.29, 1.82) is 0 Å². The molecule has 36 heavy (non-hydrogen) atoms. The van der Waals surface area contributed by atoms with E-state index in [1.165, 1.54) is 23.5 Å². The van der Waals surface area contributed by atoms with Gasteiger partial charge in [-0.2, -0.15) is 13.2 Å². The average molecular weight is 543 g/mol. The molecule has 0 unspecified atom stereocenters. The van der Waals surface area contributed by atoms with Gasteiger partial charge in [0.2, 0.25) is 5.13 Å². The summed E-state index contributed by atoms with van der Waals surface area (Å²) in [5, 5.41) is 11.4. The molecule has 0 fully saturated rings. The third-order valence-corrected chi connectivity index (χ3v) is 7.57. The van der Waals surface area contributed by atoms with Crippen LogP contribution in [-0.2, 0) is 22.6 Å². The number of hydrogen-bond donors (Lipinski definition) is 2. The second-order valence-corrected chi connectivity index (χ2v) is 10.7. The van der Waals surface area contributed by atoms with Crippen LogP contribution in [0.4, 0.5) is 18.3 Å². The maximum absolute atomic E-state index is 13.0. The van der Waals surface area contributed by atoms with E-state index < -0.39 is 27.7 Å². The molecule has 194 valence electrons. The Labute approximate surface area is 211 Å².